The highest BCUT2D eigenvalue weighted by atomic mass is 35.5. The zero-order valence-corrected chi connectivity index (χ0v) is 12.0. The molecule has 4 nitrogen and oxygen atoms in total. The zero-order valence-electron chi connectivity index (χ0n) is 11.2. The fraction of sp³-hybridized carbons (Fsp3) is 0.500. The molecular formula is C14H21ClN2O2. The highest BCUT2D eigenvalue weighted by molar-refractivity contribution is 5.85. The van der Waals surface area contributed by atoms with Gasteiger partial charge in [0.05, 0.1) is 0 Å². The lowest BCUT2D eigenvalue weighted by Gasteiger charge is -2.19. The summed E-state index contributed by atoms with van der Waals surface area (Å²) >= 11 is 0. The third kappa shape index (κ3) is 5.09. The van der Waals surface area contributed by atoms with Gasteiger partial charge >= 0.3 is 6.09 Å². The van der Waals surface area contributed by atoms with Gasteiger partial charge in [0.1, 0.15) is 6.61 Å². The summed E-state index contributed by atoms with van der Waals surface area (Å²) in [5.41, 5.74) is 1.02. The predicted octanol–water partition coefficient (Wildman–Crippen LogP) is 2.43. The maximum atomic E-state index is 11.9. The Morgan fingerprint density at radius 1 is 1.37 bits per heavy atom. The Labute approximate surface area is 120 Å². The summed E-state index contributed by atoms with van der Waals surface area (Å²) in [6, 6.07) is 10.2. The summed E-state index contributed by atoms with van der Waals surface area (Å²) in [5.74, 6) is 0. The fourth-order valence-electron chi connectivity index (χ4n) is 2.00. The SMILES string of the molecule is C[C@H]1CCN(C(=O)OCc2ccccc2)CCN1.Cl. The Hall–Kier alpha value is -1.26. The molecule has 1 heterocycles. The number of halogens is 1. The molecule has 1 atom stereocenters. The van der Waals surface area contributed by atoms with E-state index in [0.717, 1.165) is 31.6 Å². The number of nitrogens with one attached hydrogen (secondary N) is 1. The molecule has 1 aromatic rings. The van der Waals surface area contributed by atoms with Crippen LogP contribution in [0.15, 0.2) is 30.3 Å². The maximum absolute atomic E-state index is 11.9. The molecule has 1 saturated heterocycles. The van der Waals surface area contributed by atoms with Crippen molar-refractivity contribution in [3.8, 4) is 0 Å². The van der Waals surface area contributed by atoms with Gasteiger partial charge in [0, 0.05) is 25.7 Å². The van der Waals surface area contributed by atoms with E-state index in [1.165, 1.54) is 0 Å². The molecule has 0 unspecified atom stereocenters. The molecule has 1 N–H and O–H groups in total. The van der Waals surface area contributed by atoms with E-state index in [0.29, 0.717) is 12.6 Å². The highest BCUT2D eigenvalue weighted by Gasteiger charge is 2.18. The van der Waals surface area contributed by atoms with Crippen LogP contribution in [0.25, 0.3) is 0 Å². The first-order valence-electron chi connectivity index (χ1n) is 6.45. The average Bonchev–Trinajstić information content (AvgIpc) is 2.62. The minimum absolute atomic E-state index is 0. The third-order valence-corrected chi connectivity index (χ3v) is 3.17. The van der Waals surface area contributed by atoms with Crippen LogP contribution in [0, 0.1) is 0 Å². The van der Waals surface area contributed by atoms with Gasteiger partial charge in [-0.15, -0.1) is 12.4 Å². The zero-order chi connectivity index (χ0) is 12.8. The summed E-state index contributed by atoms with van der Waals surface area (Å²) in [6.45, 7) is 4.80. The van der Waals surface area contributed by atoms with Crippen molar-refractivity contribution >= 4 is 18.5 Å². The molecule has 0 bridgehead atoms. The Morgan fingerprint density at radius 2 is 2.11 bits per heavy atom. The van der Waals surface area contributed by atoms with Crippen molar-refractivity contribution in [3.05, 3.63) is 35.9 Å². The maximum Gasteiger partial charge on any atom is 0.410 e. The molecule has 1 amide bonds. The van der Waals surface area contributed by atoms with Gasteiger partial charge in [-0.3, -0.25) is 0 Å². The number of carbonyl (C=O) groups excluding carboxylic acids is 1. The minimum atomic E-state index is -0.213. The molecule has 0 aliphatic carbocycles. The summed E-state index contributed by atoms with van der Waals surface area (Å²) in [5, 5.41) is 3.35. The van der Waals surface area contributed by atoms with E-state index >= 15 is 0 Å². The van der Waals surface area contributed by atoms with E-state index in [1.54, 1.807) is 4.90 Å². The van der Waals surface area contributed by atoms with Gasteiger partial charge < -0.3 is 15.0 Å². The molecule has 1 aliphatic rings. The second kappa shape index (κ2) is 8.02. The lowest BCUT2D eigenvalue weighted by Crippen LogP contribution is -2.34. The second-order valence-corrected chi connectivity index (χ2v) is 4.67. The van der Waals surface area contributed by atoms with E-state index in [-0.39, 0.29) is 18.5 Å². The van der Waals surface area contributed by atoms with Crippen molar-refractivity contribution < 1.29 is 9.53 Å². The van der Waals surface area contributed by atoms with Gasteiger partial charge in [-0.1, -0.05) is 30.3 Å². The topological polar surface area (TPSA) is 41.6 Å². The molecule has 0 saturated carbocycles. The Balaban J connectivity index is 0.00000180. The molecule has 0 aromatic heterocycles. The van der Waals surface area contributed by atoms with Crippen molar-refractivity contribution in [2.24, 2.45) is 0 Å². The summed E-state index contributed by atoms with van der Waals surface area (Å²) in [7, 11) is 0. The largest absolute Gasteiger partial charge is 0.445 e. The van der Waals surface area contributed by atoms with Crippen LogP contribution in [0.4, 0.5) is 4.79 Å². The number of amides is 1. The first-order valence-corrected chi connectivity index (χ1v) is 6.45. The van der Waals surface area contributed by atoms with E-state index in [2.05, 4.69) is 12.2 Å². The van der Waals surface area contributed by atoms with Crippen LogP contribution >= 0.6 is 12.4 Å². The number of benzene rings is 1. The lowest BCUT2D eigenvalue weighted by atomic mass is 10.2. The second-order valence-electron chi connectivity index (χ2n) is 4.67. The minimum Gasteiger partial charge on any atom is -0.445 e. The average molecular weight is 285 g/mol. The smallest absolute Gasteiger partial charge is 0.410 e. The summed E-state index contributed by atoms with van der Waals surface area (Å²) in [4.78, 5) is 13.7. The highest BCUT2D eigenvalue weighted by Crippen LogP contribution is 2.06. The number of nitrogens with zero attached hydrogens (tertiary/aromatic N) is 1. The Kier molecular flexibility index (Phi) is 6.67. The van der Waals surface area contributed by atoms with Gasteiger partial charge in [0.25, 0.3) is 0 Å². The molecule has 1 aromatic carbocycles. The Morgan fingerprint density at radius 3 is 2.84 bits per heavy atom. The van der Waals surface area contributed by atoms with Crippen LogP contribution in [0.2, 0.25) is 0 Å². The van der Waals surface area contributed by atoms with Gasteiger partial charge in [0.15, 0.2) is 0 Å². The van der Waals surface area contributed by atoms with Gasteiger partial charge in [-0.05, 0) is 18.9 Å². The van der Waals surface area contributed by atoms with Crippen molar-refractivity contribution in [1.82, 2.24) is 10.2 Å². The van der Waals surface area contributed by atoms with E-state index in [9.17, 15) is 4.79 Å². The van der Waals surface area contributed by atoms with E-state index in [4.69, 9.17) is 4.74 Å². The standard InChI is InChI=1S/C14H20N2O2.ClH/c1-12-7-9-16(10-8-15-12)14(17)18-11-13-5-3-2-4-6-13;/h2-6,12,15H,7-11H2,1H3;1H/t12-;/m0./s1. The molecule has 0 spiro atoms. The van der Waals surface area contributed by atoms with E-state index in [1.807, 2.05) is 30.3 Å². The first-order chi connectivity index (χ1) is 8.75. The normalized spacial score (nSPS) is 19.2. The molecule has 106 valence electrons. The molecule has 1 aliphatic heterocycles. The molecule has 2 rings (SSSR count). The number of hydrogen-bond acceptors (Lipinski definition) is 3. The van der Waals surface area contributed by atoms with Crippen LogP contribution in [0.1, 0.15) is 18.9 Å². The summed E-state index contributed by atoms with van der Waals surface area (Å²) < 4.78 is 5.32. The predicted molar refractivity (Wildman–Crippen MR) is 77.5 cm³/mol. The lowest BCUT2D eigenvalue weighted by molar-refractivity contribution is 0.0983. The number of hydrogen-bond donors (Lipinski definition) is 1. The van der Waals surface area contributed by atoms with Crippen molar-refractivity contribution in [2.75, 3.05) is 19.6 Å². The quantitative estimate of drug-likeness (QED) is 0.907. The van der Waals surface area contributed by atoms with Crippen molar-refractivity contribution in [2.45, 2.75) is 26.0 Å². The van der Waals surface area contributed by atoms with Gasteiger partial charge in [0.2, 0.25) is 0 Å². The van der Waals surface area contributed by atoms with Crippen molar-refractivity contribution in [1.29, 1.82) is 0 Å². The molecule has 0 radical (unpaired) electrons. The fourth-order valence-corrected chi connectivity index (χ4v) is 2.00. The first kappa shape index (κ1) is 15.8. The molecular weight excluding hydrogens is 264 g/mol. The number of rotatable bonds is 2. The van der Waals surface area contributed by atoms with Gasteiger partial charge in [-0.2, -0.15) is 0 Å². The van der Waals surface area contributed by atoms with Crippen LogP contribution in [0.5, 0.6) is 0 Å². The number of ether oxygens (including phenoxy) is 1. The van der Waals surface area contributed by atoms with Crippen LogP contribution < -0.4 is 5.32 Å². The van der Waals surface area contributed by atoms with E-state index < -0.39 is 0 Å². The monoisotopic (exact) mass is 284 g/mol. The molecule has 1 fully saturated rings. The molecule has 5 heteroatoms. The third-order valence-electron chi connectivity index (χ3n) is 3.17. The van der Waals surface area contributed by atoms with Gasteiger partial charge in [-0.25, -0.2) is 4.79 Å². The van der Waals surface area contributed by atoms with Crippen molar-refractivity contribution in [3.63, 3.8) is 0 Å². The van der Waals surface area contributed by atoms with Crippen LogP contribution in [0.3, 0.4) is 0 Å². The van der Waals surface area contributed by atoms with Crippen LogP contribution in [-0.2, 0) is 11.3 Å². The molecule has 19 heavy (non-hydrogen) atoms. The Bertz CT molecular complexity index is 386. The van der Waals surface area contributed by atoms with Crippen LogP contribution in [-0.4, -0.2) is 36.7 Å². The number of carbonyl (C=O) groups is 1. The summed E-state index contributed by atoms with van der Waals surface area (Å²) in [6.07, 6.45) is 0.759.